The van der Waals surface area contributed by atoms with Gasteiger partial charge in [0.2, 0.25) is 11.8 Å². The Morgan fingerprint density at radius 2 is 1.68 bits per heavy atom. The Bertz CT molecular complexity index is 1230. The third-order valence-corrected chi connectivity index (χ3v) is 9.74. The number of nitrogens with zero attached hydrogens (tertiary/aromatic N) is 4. The van der Waals surface area contributed by atoms with Crippen LogP contribution in [0.4, 0.5) is 5.69 Å². The summed E-state index contributed by atoms with van der Waals surface area (Å²) in [5.41, 5.74) is -0.547. The zero-order valence-corrected chi connectivity index (χ0v) is 25.3. The van der Waals surface area contributed by atoms with Crippen LogP contribution in [0.2, 0.25) is 0 Å². The van der Waals surface area contributed by atoms with Crippen molar-refractivity contribution in [2.45, 2.75) is 76.8 Å². The van der Waals surface area contributed by atoms with Gasteiger partial charge >= 0.3 is 5.97 Å². The fraction of sp³-hybridized carbons (Fsp3) is 0.679. The number of rotatable bonds is 11. The molecular formula is C28H42N4O8S. The molecule has 0 aromatic heterocycles. The summed E-state index contributed by atoms with van der Waals surface area (Å²) >= 11 is 0. The summed E-state index contributed by atoms with van der Waals surface area (Å²) < 4.78 is 33.4. The molecule has 0 bridgehead atoms. The fourth-order valence-corrected chi connectivity index (χ4v) is 7.44. The number of benzene rings is 1. The largest absolute Gasteiger partial charge is 0.469 e. The summed E-state index contributed by atoms with van der Waals surface area (Å²) in [5, 5.41) is 11.6. The predicted octanol–water partition coefficient (Wildman–Crippen LogP) is 3.06. The van der Waals surface area contributed by atoms with Crippen molar-refractivity contribution in [3.8, 4) is 0 Å². The van der Waals surface area contributed by atoms with Crippen LogP contribution in [0.3, 0.4) is 0 Å². The van der Waals surface area contributed by atoms with Gasteiger partial charge in [-0.25, -0.2) is 8.42 Å². The van der Waals surface area contributed by atoms with E-state index in [1.807, 2.05) is 27.7 Å². The number of carbonyl (C=O) groups excluding carboxylic acids is 3. The number of amides is 2. The molecule has 13 heteroatoms. The van der Waals surface area contributed by atoms with Gasteiger partial charge in [0.25, 0.3) is 15.7 Å². The van der Waals surface area contributed by atoms with Crippen LogP contribution < -0.4 is 0 Å². The van der Waals surface area contributed by atoms with Crippen molar-refractivity contribution < 1.29 is 32.5 Å². The van der Waals surface area contributed by atoms with E-state index in [2.05, 4.69) is 0 Å². The number of sulfonamides is 1. The van der Waals surface area contributed by atoms with E-state index in [9.17, 15) is 32.9 Å². The number of piperidine rings is 1. The maximum absolute atomic E-state index is 14.0. The number of hydrogen-bond acceptors (Lipinski definition) is 8. The van der Waals surface area contributed by atoms with Crippen molar-refractivity contribution in [1.82, 2.24) is 14.1 Å². The average molecular weight is 595 g/mol. The van der Waals surface area contributed by atoms with E-state index in [0.717, 1.165) is 10.4 Å². The maximum atomic E-state index is 14.0. The number of likely N-dealkylation sites (tertiary alicyclic amines) is 1. The van der Waals surface area contributed by atoms with Crippen molar-refractivity contribution in [2.24, 2.45) is 17.8 Å². The molecule has 0 unspecified atom stereocenters. The first kappa shape index (κ1) is 32.5. The second-order valence-corrected chi connectivity index (χ2v) is 13.6. The Morgan fingerprint density at radius 3 is 2.24 bits per heavy atom. The Hall–Kier alpha value is -3.06. The summed E-state index contributed by atoms with van der Waals surface area (Å²) in [4.78, 5) is 53.3. The van der Waals surface area contributed by atoms with E-state index in [4.69, 9.17) is 4.74 Å². The van der Waals surface area contributed by atoms with Gasteiger partial charge in [-0.05, 0) is 49.5 Å². The molecule has 2 amide bonds. The molecule has 0 aliphatic carbocycles. The Morgan fingerprint density at radius 1 is 1.05 bits per heavy atom. The van der Waals surface area contributed by atoms with Crippen LogP contribution in [0.15, 0.2) is 29.2 Å². The molecule has 12 nitrogen and oxygen atoms in total. The van der Waals surface area contributed by atoms with E-state index in [0.29, 0.717) is 38.8 Å². The standard InChI is InChI=1S/C28H42N4O8S/c1-19(2)16-23(27(34)29-12-10-21(11-13-29)18-26(33)40-5)30-14-15-31(24(28(30)35)17-20(3)4)41(38,39)25-9-7-6-8-22(25)32(36)37/h6-9,19-21,23-24H,10-18H2,1-5H3/t23-,24-/m0/s1. The lowest BCUT2D eigenvalue weighted by atomic mass is 9.92. The number of esters is 1. The van der Waals surface area contributed by atoms with E-state index in [-0.39, 0.29) is 49.1 Å². The molecule has 2 aliphatic rings. The molecular weight excluding hydrogens is 552 g/mol. The number of carbonyl (C=O) groups is 3. The van der Waals surface area contributed by atoms with Crippen molar-refractivity contribution in [3.63, 3.8) is 0 Å². The molecule has 1 aromatic rings. The number of ether oxygens (including phenoxy) is 1. The lowest BCUT2D eigenvalue weighted by Gasteiger charge is -2.45. The van der Waals surface area contributed by atoms with Crippen molar-refractivity contribution in [3.05, 3.63) is 34.4 Å². The molecule has 0 N–H and O–H groups in total. The van der Waals surface area contributed by atoms with Crippen LogP contribution in [0, 0.1) is 27.9 Å². The third-order valence-electron chi connectivity index (χ3n) is 7.79. The lowest BCUT2D eigenvalue weighted by molar-refractivity contribution is -0.387. The summed E-state index contributed by atoms with van der Waals surface area (Å²) in [6, 6.07) is 3.28. The minimum Gasteiger partial charge on any atom is -0.469 e. The number of piperazine rings is 1. The van der Waals surface area contributed by atoms with Crippen LogP contribution in [0.1, 0.15) is 59.8 Å². The third kappa shape index (κ3) is 7.62. The lowest BCUT2D eigenvalue weighted by Crippen LogP contribution is -2.64. The summed E-state index contributed by atoms with van der Waals surface area (Å²) in [7, 11) is -3.03. The first-order valence-electron chi connectivity index (χ1n) is 14.2. The number of nitro benzene ring substituents is 1. The Kier molecular flexibility index (Phi) is 10.9. The minimum atomic E-state index is -4.39. The topological polar surface area (TPSA) is 147 Å². The van der Waals surface area contributed by atoms with Gasteiger partial charge in [0, 0.05) is 38.7 Å². The highest BCUT2D eigenvalue weighted by molar-refractivity contribution is 7.89. The van der Waals surface area contributed by atoms with E-state index in [1.54, 1.807) is 4.90 Å². The van der Waals surface area contributed by atoms with E-state index in [1.165, 1.54) is 30.2 Å². The minimum absolute atomic E-state index is 0.00474. The zero-order chi connectivity index (χ0) is 30.5. The fourth-order valence-electron chi connectivity index (χ4n) is 5.70. The van der Waals surface area contributed by atoms with E-state index >= 15 is 0 Å². The van der Waals surface area contributed by atoms with Crippen LogP contribution in [-0.4, -0.2) is 90.6 Å². The van der Waals surface area contributed by atoms with E-state index < -0.39 is 43.5 Å². The van der Waals surface area contributed by atoms with Gasteiger partial charge in [0.1, 0.15) is 12.1 Å². The van der Waals surface area contributed by atoms with Gasteiger partial charge in [0.15, 0.2) is 4.90 Å². The number of methoxy groups -OCH3 is 1. The summed E-state index contributed by atoms with van der Waals surface area (Å²) in [6.07, 6.45) is 2.23. The number of para-hydroxylation sites is 1. The Labute approximate surface area is 242 Å². The van der Waals surface area contributed by atoms with Gasteiger partial charge in [-0.15, -0.1) is 0 Å². The molecule has 1 aromatic carbocycles. The molecule has 228 valence electrons. The van der Waals surface area contributed by atoms with Crippen molar-refractivity contribution >= 4 is 33.5 Å². The molecule has 0 spiro atoms. The van der Waals surface area contributed by atoms with Gasteiger partial charge in [-0.1, -0.05) is 39.8 Å². The molecule has 41 heavy (non-hydrogen) atoms. The van der Waals surface area contributed by atoms with Gasteiger partial charge in [-0.2, -0.15) is 4.31 Å². The molecule has 0 saturated carbocycles. The van der Waals surface area contributed by atoms with Crippen LogP contribution in [0.25, 0.3) is 0 Å². The molecule has 3 rings (SSSR count). The normalized spacial score (nSPS) is 20.0. The molecule has 2 fully saturated rings. The van der Waals surface area contributed by atoms with Gasteiger partial charge in [0.05, 0.1) is 12.0 Å². The number of hydrogen-bond donors (Lipinski definition) is 0. The predicted molar refractivity (Wildman–Crippen MR) is 151 cm³/mol. The quantitative estimate of drug-likeness (QED) is 0.216. The molecule has 2 aliphatic heterocycles. The van der Waals surface area contributed by atoms with Crippen molar-refractivity contribution in [2.75, 3.05) is 33.3 Å². The first-order chi connectivity index (χ1) is 19.3. The Balaban J connectivity index is 1.88. The number of nitro groups is 1. The highest BCUT2D eigenvalue weighted by Crippen LogP contribution is 2.33. The van der Waals surface area contributed by atoms with Crippen LogP contribution >= 0.6 is 0 Å². The monoisotopic (exact) mass is 594 g/mol. The van der Waals surface area contributed by atoms with Crippen LogP contribution in [0.5, 0.6) is 0 Å². The highest BCUT2D eigenvalue weighted by atomic mass is 32.2. The smallest absolute Gasteiger partial charge is 0.305 e. The SMILES string of the molecule is COC(=O)CC1CCN(C(=O)[C@H](CC(C)C)N2CCN(S(=O)(=O)c3ccccc3[N+](=O)[O-])[C@@H](CC(C)C)C2=O)CC1. The molecule has 0 radical (unpaired) electrons. The zero-order valence-electron chi connectivity index (χ0n) is 24.5. The summed E-state index contributed by atoms with van der Waals surface area (Å²) in [6.45, 7) is 8.52. The van der Waals surface area contributed by atoms with Crippen molar-refractivity contribution in [1.29, 1.82) is 0 Å². The van der Waals surface area contributed by atoms with Crippen LogP contribution in [-0.2, 0) is 29.1 Å². The average Bonchev–Trinajstić information content (AvgIpc) is 2.92. The molecule has 2 atom stereocenters. The van der Waals surface area contributed by atoms with Gasteiger partial charge < -0.3 is 14.5 Å². The first-order valence-corrected chi connectivity index (χ1v) is 15.6. The van der Waals surface area contributed by atoms with Gasteiger partial charge in [-0.3, -0.25) is 24.5 Å². The molecule has 2 heterocycles. The highest BCUT2D eigenvalue weighted by Gasteiger charge is 2.47. The second kappa shape index (κ2) is 13.7. The maximum Gasteiger partial charge on any atom is 0.305 e. The second-order valence-electron chi connectivity index (χ2n) is 11.7. The molecule has 2 saturated heterocycles. The summed E-state index contributed by atoms with van der Waals surface area (Å²) in [5.74, 6) is -0.759.